The van der Waals surface area contributed by atoms with Crippen molar-refractivity contribution in [2.75, 3.05) is 0 Å². The molecule has 7 rings (SSSR count). The second kappa shape index (κ2) is 8.16. The van der Waals surface area contributed by atoms with E-state index in [4.69, 9.17) is 37.3 Å². The van der Waals surface area contributed by atoms with Crippen molar-refractivity contribution in [2.45, 2.75) is 12.8 Å². The van der Waals surface area contributed by atoms with Crippen LogP contribution in [0.3, 0.4) is 0 Å². The lowest BCUT2D eigenvalue weighted by atomic mass is 9.84. The van der Waals surface area contributed by atoms with Gasteiger partial charge in [0.1, 0.15) is 11.9 Å². The van der Waals surface area contributed by atoms with Gasteiger partial charge in [0.25, 0.3) is 0 Å². The number of para-hydroxylation sites is 1. The first-order valence-corrected chi connectivity index (χ1v) is 12.3. The Morgan fingerprint density at radius 1 is 0.892 bits per heavy atom. The zero-order valence-corrected chi connectivity index (χ0v) is 20.8. The van der Waals surface area contributed by atoms with Crippen LogP contribution >= 0.6 is 23.2 Å². The molecule has 0 aliphatic carbocycles. The largest absolute Gasteiger partial charge is 0.437 e. The highest BCUT2D eigenvalue weighted by Gasteiger charge is 2.39. The summed E-state index contributed by atoms with van der Waals surface area (Å²) in [5.41, 5.74) is 3.58. The fourth-order valence-corrected chi connectivity index (χ4v) is 5.56. The van der Waals surface area contributed by atoms with E-state index in [0.29, 0.717) is 55.2 Å². The topological polar surface area (TPSA) is 82.5 Å². The van der Waals surface area contributed by atoms with Crippen molar-refractivity contribution < 1.29 is 9.15 Å². The molecule has 0 saturated carbocycles. The molecular formula is C28H16Cl2N4O3. The van der Waals surface area contributed by atoms with Crippen LogP contribution in [0, 0.1) is 6.92 Å². The van der Waals surface area contributed by atoms with Crippen LogP contribution in [0.1, 0.15) is 28.2 Å². The number of aromatic nitrogens is 4. The maximum atomic E-state index is 13.5. The molecule has 0 N–H and O–H groups in total. The van der Waals surface area contributed by atoms with Crippen LogP contribution < -0.4 is 10.4 Å². The van der Waals surface area contributed by atoms with E-state index in [1.165, 1.54) is 0 Å². The molecule has 7 nitrogen and oxygen atoms in total. The number of fused-ring (bicyclic) bond motifs is 6. The van der Waals surface area contributed by atoms with E-state index in [1.54, 1.807) is 41.2 Å². The first kappa shape index (κ1) is 22.0. The molecule has 0 fully saturated rings. The molecule has 1 aliphatic rings. The molecule has 9 heteroatoms. The summed E-state index contributed by atoms with van der Waals surface area (Å²) in [6, 6.07) is 20.3. The standard InChI is InChI=1S/C28H16Cl2N4O3/c1-14-7-2-3-8-15(14)25-32-26-23-21(20-17(29)10-6-11-18(20)30)22-24(37-27(23)31-13-34(26)33-25)16-9-4-5-12-19(16)36-28(22)35/h2-13,21H,1H3. The minimum atomic E-state index is -0.758. The third-order valence-corrected chi connectivity index (χ3v) is 7.30. The lowest BCUT2D eigenvalue weighted by molar-refractivity contribution is 0.422. The van der Waals surface area contributed by atoms with E-state index in [0.717, 1.165) is 11.1 Å². The fourth-order valence-electron chi connectivity index (χ4n) is 4.94. The van der Waals surface area contributed by atoms with Crippen LogP contribution in [0.5, 0.6) is 11.6 Å². The molecule has 0 spiro atoms. The Balaban J connectivity index is 1.59. The van der Waals surface area contributed by atoms with Gasteiger partial charge in [-0.25, -0.2) is 19.3 Å². The molecule has 0 radical (unpaired) electrons. The molecule has 0 bridgehead atoms. The SMILES string of the molecule is Cc1ccccc1-c1nc2c3c(ncn2n1)Oc1c(c(=O)oc2ccccc12)C3c1c(Cl)cccc1Cl. The molecule has 4 heterocycles. The molecule has 180 valence electrons. The molecule has 1 atom stereocenters. The summed E-state index contributed by atoms with van der Waals surface area (Å²) < 4.78 is 13.6. The van der Waals surface area contributed by atoms with Gasteiger partial charge in [-0.15, -0.1) is 5.10 Å². The van der Waals surface area contributed by atoms with E-state index in [2.05, 4.69) is 10.1 Å². The second-order valence-electron chi connectivity index (χ2n) is 8.78. The molecule has 3 aromatic carbocycles. The number of aryl methyl sites for hydroxylation is 1. The Bertz CT molecular complexity index is 1930. The zero-order chi connectivity index (χ0) is 25.3. The summed E-state index contributed by atoms with van der Waals surface area (Å²) in [4.78, 5) is 22.9. The van der Waals surface area contributed by atoms with Gasteiger partial charge < -0.3 is 9.15 Å². The maximum Gasteiger partial charge on any atom is 0.344 e. The van der Waals surface area contributed by atoms with Crippen molar-refractivity contribution in [3.63, 3.8) is 0 Å². The normalized spacial score (nSPS) is 14.4. The first-order chi connectivity index (χ1) is 18.0. The number of benzene rings is 3. The highest BCUT2D eigenvalue weighted by molar-refractivity contribution is 6.36. The summed E-state index contributed by atoms with van der Waals surface area (Å²) in [5, 5.41) is 6.10. The van der Waals surface area contributed by atoms with Crippen molar-refractivity contribution in [1.29, 1.82) is 0 Å². The predicted octanol–water partition coefficient (Wildman–Crippen LogP) is 6.80. The molecule has 3 aromatic heterocycles. The lowest BCUT2D eigenvalue weighted by Gasteiger charge is -2.28. The number of halogens is 2. The predicted molar refractivity (Wildman–Crippen MR) is 141 cm³/mol. The van der Waals surface area contributed by atoms with Crippen LogP contribution in [0.15, 0.2) is 82.3 Å². The van der Waals surface area contributed by atoms with Gasteiger partial charge in [-0.05, 0) is 36.8 Å². The smallest absolute Gasteiger partial charge is 0.344 e. The maximum absolute atomic E-state index is 13.5. The third kappa shape index (κ3) is 3.28. The quantitative estimate of drug-likeness (QED) is 0.230. The highest BCUT2D eigenvalue weighted by atomic mass is 35.5. The molecule has 6 aromatic rings. The van der Waals surface area contributed by atoms with Crippen molar-refractivity contribution in [3.05, 3.63) is 116 Å². The van der Waals surface area contributed by atoms with Gasteiger partial charge in [0.15, 0.2) is 17.2 Å². The summed E-state index contributed by atoms with van der Waals surface area (Å²) in [6.45, 7) is 2.00. The van der Waals surface area contributed by atoms with Crippen LogP contribution in [-0.4, -0.2) is 19.6 Å². The van der Waals surface area contributed by atoms with Gasteiger partial charge in [0, 0.05) is 21.2 Å². The molecule has 1 unspecified atom stereocenters. The minimum absolute atomic E-state index is 0.275. The Morgan fingerprint density at radius 2 is 1.65 bits per heavy atom. The van der Waals surface area contributed by atoms with Crippen LogP contribution in [0.2, 0.25) is 10.0 Å². The molecule has 0 saturated heterocycles. The molecule has 1 aliphatic heterocycles. The summed E-state index contributed by atoms with van der Waals surface area (Å²) in [5.74, 6) is 0.413. The van der Waals surface area contributed by atoms with Gasteiger partial charge >= 0.3 is 5.63 Å². The Morgan fingerprint density at radius 3 is 2.46 bits per heavy atom. The average molecular weight is 527 g/mol. The van der Waals surface area contributed by atoms with Gasteiger partial charge in [0.05, 0.1) is 22.4 Å². The number of hydrogen-bond donors (Lipinski definition) is 0. The number of nitrogens with zero attached hydrogens (tertiary/aromatic N) is 4. The molecule has 0 amide bonds. The molecule has 37 heavy (non-hydrogen) atoms. The van der Waals surface area contributed by atoms with Gasteiger partial charge in [0.2, 0.25) is 5.88 Å². The lowest BCUT2D eigenvalue weighted by Crippen LogP contribution is -2.22. The number of rotatable bonds is 2. The highest BCUT2D eigenvalue weighted by Crippen LogP contribution is 2.51. The van der Waals surface area contributed by atoms with Gasteiger partial charge in [-0.1, -0.05) is 65.7 Å². The van der Waals surface area contributed by atoms with Gasteiger partial charge in [-0.3, -0.25) is 0 Å². The Labute approximate surface area is 219 Å². The number of hydrogen-bond acceptors (Lipinski definition) is 6. The van der Waals surface area contributed by atoms with Crippen LogP contribution in [0.25, 0.3) is 28.0 Å². The average Bonchev–Trinajstić information content (AvgIpc) is 3.33. The van der Waals surface area contributed by atoms with E-state index in [1.807, 2.05) is 43.3 Å². The fraction of sp³-hybridized carbons (Fsp3) is 0.0714. The van der Waals surface area contributed by atoms with Crippen molar-refractivity contribution >= 4 is 39.8 Å². The number of ether oxygens (including phenoxy) is 1. The zero-order valence-electron chi connectivity index (χ0n) is 19.3. The Kier molecular flexibility index (Phi) is 4.86. The summed E-state index contributed by atoms with van der Waals surface area (Å²) in [7, 11) is 0. The van der Waals surface area contributed by atoms with Gasteiger partial charge in [-0.2, -0.15) is 0 Å². The Hall–Kier alpha value is -4.20. The second-order valence-corrected chi connectivity index (χ2v) is 9.60. The summed E-state index contributed by atoms with van der Waals surface area (Å²) in [6.07, 6.45) is 1.55. The van der Waals surface area contributed by atoms with Crippen molar-refractivity contribution in [1.82, 2.24) is 19.6 Å². The monoisotopic (exact) mass is 526 g/mol. The first-order valence-electron chi connectivity index (χ1n) is 11.5. The third-order valence-electron chi connectivity index (χ3n) is 6.64. The van der Waals surface area contributed by atoms with Crippen LogP contribution in [-0.2, 0) is 0 Å². The minimum Gasteiger partial charge on any atom is -0.437 e. The van der Waals surface area contributed by atoms with E-state index < -0.39 is 11.5 Å². The van der Waals surface area contributed by atoms with Crippen molar-refractivity contribution in [3.8, 4) is 23.0 Å². The van der Waals surface area contributed by atoms with E-state index in [9.17, 15) is 4.79 Å². The molecular weight excluding hydrogens is 511 g/mol. The van der Waals surface area contributed by atoms with E-state index >= 15 is 0 Å². The van der Waals surface area contributed by atoms with Crippen LogP contribution in [0.4, 0.5) is 0 Å². The van der Waals surface area contributed by atoms with Crippen molar-refractivity contribution in [2.24, 2.45) is 0 Å². The summed E-state index contributed by atoms with van der Waals surface area (Å²) >= 11 is 13.4. The van der Waals surface area contributed by atoms with E-state index in [-0.39, 0.29) is 5.56 Å².